The van der Waals surface area contributed by atoms with Crippen LogP contribution >= 0.6 is 0 Å². The van der Waals surface area contributed by atoms with E-state index in [4.69, 9.17) is 0 Å². The van der Waals surface area contributed by atoms with Crippen molar-refractivity contribution in [1.82, 2.24) is 19.9 Å². The SMILES string of the molecule is CN(C)C/C=C/C(=O)Nc1ccc(C(=O)Nc2ccc(Cc3cc(-c4cnc5c(c4)C=CC5)ncn3)cc2)cc1. The summed E-state index contributed by atoms with van der Waals surface area (Å²) in [5.74, 6) is -0.440. The number of nitrogens with one attached hydrogen (secondary N) is 2. The molecule has 8 nitrogen and oxygen atoms in total. The van der Waals surface area contributed by atoms with Crippen LogP contribution in [0.2, 0.25) is 0 Å². The molecule has 2 N–H and O–H groups in total. The predicted molar refractivity (Wildman–Crippen MR) is 158 cm³/mol. The number of carbonyl (C=O) groups excluding carboxylic acids is 2. The molecule has 1 aliphatic carbocycles. The smallest absolute Gasteiger partial charge is 0.255 e. The summed E-state index contributed by atoms with van der Waals surface area (Å²) < 4.78 is 0. The minimum atomic E-state index is -0.227. The van der Waals surface area contributed by atoms with Crippen LogP contribution in [0, 0.1) is 0 Å². The van der Waals surface area contributed by atoms with Gasteiger partial charge in [-0.1, -0.05) is 30.4 Å². The minimum absolute atomic E-state index is 0.213. The maximum absolute atomic E-state index is 12.7. The molecule has 2 heterocycles. The first-order valence-corrected chi connectivity index (χ1v) is 13.0. The number of nitrogens with zero attached hydrogens (tertiary/aromatic N) is 4. The van der Waals surface area contributed by atoms with E-state index >= 15 is 0 Å². The van der Waals surface area contributed by atoms with Crippen molar-refractivity contribution in [2.24, 2.45) is 0 Å². The molecule has 200 valence electrons. The number of hydrogen-bond acceptors (Lipinski definition) is 6. The molecule has 0 aliphatic heterocycles. The number of fused-ring (bicyclic) bond motifs is 1. The van der Waals surface area contributed by atoms with Crippen molar-refractivity contribution in [3.63, 3.8) is 0 Å². The number of aromatic nitrogens is 3. The van der Waals surface area contributed by atoms with Crippen LogP contribution in [0.15, 0.2) is 91.4 Å². The first kappa shape index (κ1) is 26.6. The fourth-order valence-corrected chi connectivity index (χ4v) is 4.29. The topological polar surface area (TPSA) is 100 Å². The fraction of sp³-hybridized carbons (Fsp3) is 0.156. The molecular weight excluding hydrogens is 500 g/mol. The van der Waals surface area contributed by atoms with Gasteiger partial charge < -0.3 is 15.5 Å². The second-order valence-corrected chi connectivity index (χ2v) is 9.82. The van der Waals surface area contributed by atoms with E-state index in [0.717, 1.165) is 40.2 Å². The van der Waals surface area contributed by atoms with E-state index < -0.39 is 0 Å². The summed E-state index contributed by atoms with van der Waals surface area (Å²) in [7, 11) is 3.87. The monoisotopic (exact) mass is 530 g/mol. The van der Waals surface area contributed by atoms with Gasteiger partial charge in [-0.2, -0.15) is 0 Å². The Hall–Kier alpha value is -4.95. The van der Waals surface area contributed by atoms with Crippen LogP contribution in [0.4, 0.5) is 11.4 Å². The highest BCUT2D eigenvalue weighted by Crippen LogP contribution is 2.24. The highest BCUT2D eigenvalue weighted by Gasteiger charge is 2.11. The Labute approximate surface area is 233 Å². The first-order chi connectivity index (χ1) is 19.4. The van der Waals surface area contributed by atoms with Gasteiger partial charge in [0.2, 0.25) is 5.91 Å². The highest BCUT2D eigenvalue weighted by molar-refractivity contribution is 6.05. The zero-order valence-corrected chi connectivity index (χ0v) is 22.5. The zero-order valence-electron chi connectivity index (χ0n) is 22.5. The molecule has 5 rings (SSSR count). The lowest BCUT2D eigenvalue weighted by Gasteiger charge is -2.09. The molecule has 0 saturated carbocycles. The van der Waals surface area contributed by atoms with Crippen molar-refractivity contribution in [3.8, 4) is 11.3 Å². The molecule has 0 fully saturated rings. The van der Waals surface area contributed by atoms with Crippen LogP contribution in [-0.4, -0.2) is 52.3 Å². The van der Waals surface area contributed by atoms with Crippen molar-refractivity contribution in [3.05, 3.63) is 119 Å². The molecular formula is C32H30N6O2. The molecule has 0 spiro atoms. The van der Waals surface area contributed by atoms with Gasteiger partial charge in [0.1, 0.15) is 6.33 Å². The molecule has 2 aromatic heterocycles. The second kappa shape index (κ2) is 12.3. The Morgan fingerprint density at radius 1 is 0.925 bits per heavy atom. The van der Waals surface area contributed by atoms with Crippen molar-refractivity contribution in [2.45, 2.75) is 12.8 Å². The van der Waals surface area contributed by atoms with Gasteiger partial charge in [-0.15, -0.1) is 0 Å². The van der Waals surface area contributed by atoms with Crippen LogP contribution < -0.4 is 10.6 Å². The van der Waals surface area contributed by atoms with Crippen LogP contribution in [0.3, 0.4) is 0 Å². The van der Waals surface area contributed by atoms with Gasteiger partial charge in [-0.3, -0.25) is 14.6 Å². The molecule has 1 aliphatic rings. The summed E-state index contributed by atoms with van der Waals surface area (Å²) in [6.07, 6.45) is 12.5. The molecule has 0 radical (unpaired) electrons. The number of benzene rings is 2. The summed E-state index contributed by atoms with van der Waals surface area (Å²) in [4.78, 5) is 40.1. The molecule has 0 saturated heterocycles. The lowest BCUT2D eigenvalue weighted by Crippen LogP contribution is -2.13. The van der Waals surface area contributed by atoms with Crippen LogP contribution in [-0.2, 0) is 17.6 Å². The van der Waals surface area contributed by atoms with Crippen molar-refractivity contribution < 1.29 is 9.59 Å². The largest absolute Gasteiger partial charge is 0.323 e. The van der Waals surface area contributed by atoms with Crippen LogP contribution in [0.5, 0.6) is 0 Å². The van der Waals surface area contributed by atoms with Gasteiger partial charge >= 0.3 is 0 Å². The van der Waals surface area contributed by atoms with Crippen LogP contribution in [0.1, 0.15) is 32.9 Å². The third-order valence-corrected chi connectivity index (χ3v) is 6.38. The maximum Gasteiger partial charge on any atom is 0.255 e. The highest BCUT2D eigenvalue weighted by atomic mass is 16.2. The molecule has 8 heteroatoms. The third-order valence-electron chi connectivity index (χ3n) is 6.38. The number of anilines is 2. The van der Waals surface area contributed by atoms with E-state index in [1.807, 2.05) is 55.5 Å². The molecule has 4 aromatic rings. The molecule has 40 heavy (non-hydrogen) atoms. The van der Waals surface area contributed by atoms with E-state index in [1.165, 1.54) is 6.08 Å². The van der Waals surface area contributed by atoms with Crippen molar-refractivity contribution in [2.75, 3.05) is 31.3 Å². The summed E-state index contributed by atoms with van der Waals surface area (Å²) in [6.45, 7) is 0.681. The Morgan fingerprint density at radius 2 is 1.68 bits per heavy atom. The number of carbonyl (C=O) groups is 2. The van der Waals surface area contributed by atoms with E-state index in [1.54, 1.807) is 36.7 Å². The number of hydrogen-bond donors (Lipinski definition) is 2. The van der Waals surface area contributed by atoms with Crippen molar-refractivity contribution >= 4 is 29.3 Å². The molecule has 0 bridgehead atoms. The molecule has 0 atom stereocenters. The van der Waals surface area contributed by atoms with E-state index in [-0.39, 0.29) is 11.8 Å². The van der Waals surface area contributed by atoms with Gasteiger partial charge in [0, 0.05) is 59.9 Å². The average Bonchev–Trinajstić information content (AvgIpc) is 3.43. The maximum atomic E-state index is 12.7. The van der Waals surface area contributed by atoms with Gasteiger partial charge in [0.25, 0.3) is 5.91 Å². The number of amides is 2. The van der Waals surface area contributed by atoms with Gasteiger partial charge in [0.05, 0.1) is 11.4 Å². The van der Waals surface area contributed by atoms with Gasteiger partial charge in [-0.25, -0.2) is 9.97 Å². The molecule has 2 amide bonds. The Kier molecular flexibility index (Phi) is 8.18. The van der Waals surface area contributed by atoms with Gasteiger partial charge in [0.15, 0.2) is 0 Å². The summed E-state index contributed by atoms with van der Waals surface area (Å²) in [5.41, 5.74) is 7.83. The number of allylic oxidation sites excluding steroid dienone is 1. The van der Waals surface area contributed by atoms with Crippen LogP contribution in [0.25, 0.3) is 17.3 Å². The fourth-order valence-electron chi connectivity index (χ4n) is 4.29. The second-order valence-electron chi connectivity index (χ2n) is 9.82. The summed E-state index contributed by atoms with van der Waals surface area (Å²) in [5, 5.41) is 5.71. The first-order valence-electron chi connectivity index (χ1n) is 13.0. The average molecular weight is 531 g/mol. The van der Waals surface area contributed by atoms with E-state index in [9.17, 15) is 9.59 Å². The summed E-state index contributed by atoms with van der Waals surface area (Å²) >= 11 is 0. The standard InChI is InChI=1S/C32H30N6O2/c1-38(2)16-4-7-31(39)36-26-14-10-23(11-15-26)32(40)37-27-12-8-22(9-13-27)17-28-19-30(35-21-34-28)25-18-24-5-3-6-29(24)33-20-25/h3-5,7-15,18-21H,6,16-17H2,1-2H3,(H,36,39)(H,37,40)/b7-4+. The lowest BCUT2D eigenvalue weighted by molar-refractivity contribution is -0.111. The van der Waals surface area contributed by atoms with E-state index in [0.29, 0.717) is 29.9 Å². The number of likely N-dealkylation sites (N-methyl/N-ethyl adjacent to an activating group) is 1. The van der Waals surface area contributed by atoms with Gasteiger partial charge in [-0.05, 0) is 73.8 Å². The quantitative estimate of drug-likeness (QED) is 0.295. The predicted octanol–water partition coefficient (Wildman–Crippen LogP) is 5.01. The summed E-state index contributed by atoms with van der Waals surface area (Å²) in [6, 6.07) is 18.6. The molecule has 2 aromatic carbocycles. The number of pyridine rings is 1. The Morgan fingerprint density at radius 3 is 2.45 bits per heavy atom. The number of rotatable bonds is 9. The third kappa shape index (κ3) is 6.92. The zero-order chi connectivity index (χ0) is 27.9. The normalized spacial score (nSPS) is 12.1. The Balaban J connectivity index is 1.16. The molecule has 0 unspecified atom stereocenters. The van der Waals surface area contributed by atoms with Crippen molar-refractivity contribution in [1.29, 1.82) is 0 Å². The lowest BCUT2D eigenvalue weighted by atomic mass is 10.1. The Bertz CT molecular complexity index is 1570. The minimum Gasteiger partial charge on any atom is -0.323 e. The van der Waals surface area contributed by atoms with E-state index in [2.05, 4.69) is 43.8 Å².